The number of halogens is 1. The maximum absolute atomic E-state index is 13.8. The van der Waals surface area contributed by atoms with E-state index >= 15 is 0 Å². The molecule has 1 aliphatic rings. The summed E-state index contributed by atoms with van der Waals surface area (Å²) >= 11 is 1.22. The smallest absolute Gasteiger partial charge is 0.266 e. The molecular formula is C19H17FN2O2S. The van der Waals surface area contributed by atoms with Gasteiger partial charge >= 0.3 is 0 Å². The molecule has 1 heterocycles. The summed E-state index contributed by atoms with van der Waals surface area (Å²) in [6, 6.07) is 13.7. The SMILES string of the molecule is CCOc1ccccc1/C=C1/SC(=Nc2ccccc2F)N(C)C1=O. The van der Waals surface area contributed by atoms with E-state index in [1.807, 2.05) is 31.2 Å². The fourth-order valence-corrected chi connectivity index (χ4v) is 3.30. The molecule has 0 unspecified atom stereocenters. The van der Waals surface area contributed by atoms with Gasteiger partial charge in [0.15, 0.2) is 5.17 Å². The number of ether oxygens (including phenoxy) is 1. The number of nitrogens with zero attached hydrogens (tertiary/aromatic N) is 2. The summed E-state index contributed by atoms with van der Waals surface area (Å²) in [7, 11) is 1.63. The van der Waals surface area contributed by atoms with Crippen LogP contribution in [0.25, 0.3) is 6.08 Å². The van der Waals surface area contributed by atoms with E-state index in [1.165, 1.54) is 22.7 Å². The number of hydrogen-bond acceptors (Lipinski definition) is 4. The number of rotatable bonds is 4. The molecule has 1 fully saturated rings. The van der Waals surface area contributed by atoms with Crippen LogP contribution in [0.1, 0.15) is 12.5 Å². The molecule has 2 aromatic carbocycles. The van der Waals surface area contributed by atoms with Crippen molar-refractivity contribution in [1.82, 2.24) is 4.90 Å². The van der Waals surface area contributed by atoms with Gasteiger partial charge in [-0.25, -0.2) is 9.38 Å². The molecule has 4 nitrogen and oxygen atoms in total. The number of aliphatic imine (C=N–C) groups is 1. The van der Waals surface area contributed by atoms with Crippen molar-refractivity contribution in [3.63, 3.8) is 0 Å². The molecule has 2 aromatic rings. The quantitative estimate of drug-likeness (QED) is 0.760. The molecule has 0 atom stereocenters. The molecule has 0 saturated carbocycles. The average molecular weight is 356 g/mol. The van der Waals surface area contributed by atoms with Gasteiger partial charge in [0.05, 0.1) is 11.5 Å². The zero-order valence-corrected chi connectivity index (χ0v) is 14.7. The van der Waals surface area contributed by atoms with Gasteiger partial charge in [-0.1, -0.05) is 30.3 Å². The molecule has 1 aliphatic heterocycles. The Balaban J connectivity index is 1.93. The predicted molar refractivity (Wildman–Crippen MR) is 99.4 cm³/mol. The van der Waals surface area contributed by atoms with Crippen LogP contribution in [0, 0.1) is 5.82 Å². The van der Waals surface area contributed by atoms with Crippen LogP contribution in [-0.4, -0.2) is 29.6 Å². The lowest BCUT2D eigenvalue weighted by molar-refractivity contribution is -0.121. The van der Waals surface area contributed by atoms with Gasteiger partial charge in [-0.05, 0) is 43.0 Å². The van der Waals surface area contributed by atoms with E-state index in [-0.39, 0.29) is 11.6 Å². The maximum atomic E-state index is 13.8. The first-order valence-corrected chi connectivity index (χ1v) is 8.64. The summed E-state index contributed by atoms with van der Waals surface area (Å²) in [5, 5.41) is 0.440. The van der Waals surface area contributed by atoms with Crippen molar-refractivity contribution in [2.45, 2.75) is 6.92 Å². The number of benzene rings is 2. The van der Waals surface area contributed by atoms with Crippen molar-refractivity contribution in [2.75, 3.05) is 13.7 Å². The molecule has 0 aliphatic carbocycles. The van der Waals surface area contributed by atoms with Crippen molar-refractivity contribution in [3.05, 3.63) is 64.8 Å². The number of hydrogen-bond donors (Lipinski definition) is 0. The van der Waals surface area contributed by atoms with Gasteiger partial charge in [0.1, 0.15) is 17.3 Å². The summed E-state index contributed by atoms with van der Waals surface area (Å²) in [5.41, 5.74) is 1.03. The molecular weight excluding hydrogens is 339 g/mol. The Morgan fingerprint density at radius 1 is 1.20 bits per heavy atom. The van der Waals surface area contributed by atoms with Crippen LogP contribution in [0.2, 0.25) is 0 Å². The van der Waals surface area contributed by atoms with Crippen LogP contribution in [0.5, 0.6) is 5.75 Å². The van der Waals surface area contributed by atoms with Crippen molar-refractivity contribution >= 4 is 34.6 Å². The number of amides is 1. The highest BCUT2D eigenvalue weighted by Crippen LogP contribution is 2.35. The van der Waals surface area contributed by atoms with Gasteiger partial charge in [0, 0.05) is 12.6 Å². The zero-order chi connectivity index (χ0) is 17.8. The molecule has 6 heteroatoms. The Morgan fingerprint density at radius 2 is 1.92 bits per heavy atom. The molecule has 128 valence electrons. The molecule has 0 bridgehead atoms. The second-order valence-electron chi connectivity index (χ2n) is 5.29. The van der Waals surface area contributed by atoms with Crippen molar-refractivity contribution in [1.29, 1.82) is 0 Å². The van der Waals surface area contributed by atoms with Gasteiger partial charge in [0.2, 0.25) is 0 Å². The first kappa shape index (κ1) is 17.2. The number of carbonyl (C=O) groups excluding carboxylic acids is 1. The van der Waals surface area contributed by atoms with E-state index in [1.54, 1.807) is 31.3 Å². The minimum Gasteiger partial charge on any atom is -0.493 e. The first-order valence-electron chi connectivity index (χ1n) is 7.82. The lowest BCUT2D eigenvalue weighted by atomic mass is 10.2. The van der Waals surface area contributed by atoms with Gasteiger partial charge in [-0.15, -0.1) is 0 Å². The zero-order valence-electron chi connectivity index (χ0n) is 13.9. The normalized spacial score (nSPS) is 17.6. The van der Waals surface area contributed by atoms with Crippen LogP contribution in [0.15, 0.2) is 58.4 Å². The van der Waals surface area contributed by atoms with Crippen molar-refractivity contribution in [2.24, 2.45) is 4.99 Å². The van der Waals surface area contributed by atoms with Crippen LogP contribution >= 0.6 is 11.8 Å². The number of amidine groups is 1. The predicted octanol–water partition coefficient (Wildman–Crippen LogP) is 4.46. The summed E-state index contributed by atoms with van der Waals surface area (Å²) in [6.45, 7) is 2.45. The fourth-order valence-electron chi connectivity index (χ4n) is 2.33. The van der Waals surface area contributed by atoms with Gasteiger partial charge < -0.3 is 4.74 Å². The van der Waals surface area contributed by atoms with E-state index in [4.69, 9.17) is 4.74 Å². The van der Waals surface area contributed by atoms with Gasteiger partial charge in [0.25, 0.3) is 5.91 Å². The molecule has 0 aromatic heterocycles. The Labute approximate surface area is 150 Å². The fraction of sp³-hybridized carbons (Fsp3) is 0.158. The molecule has 0 spiro atoms. The van der Waals surface area contributed by atoms with Gasteiger partial charge in [-0.3, -0.25) is 9.69 Å². The van der Waals surface area contributed by atoms with Crippen LogP contribution in [-0.2, 0) is 4.79 Å². The van der Waals surface area contributed by atoms with E-state index in [0.717, 1.165) is 5.56 Å². The lowest BCUT2D eigenvalue weighted by Gasteiger charge is -2.07. The lowest BCUT2D eigenvalue weighted by Crippen LogP contribution is -2.23. The van der Waals surface area contributed by atoms with Crippen LogP contribution in [0.3, 0.4) is 0 Å². The number of likely N-dealkylation sites (N-methyl/N-ethyl adjacent to an activating group) is 1. The van der Waals surface area contributed by atoms with E-state index < -0.39 is 5.82 Å². The molecule has 0 radical (unpaired) electrons. The van der Waals surface area contributed by atoms with Crippen molar-refractivity contribution < 1.29 is 13.9 Å². The minimum atomic E-state index is -0.421. The summed E-state index contributed by atoms with van der Waals surface area (Å²) in [6.07, 6.45) is 1.78. The Hall–Kier alpha value is -2.60. The summed E-state index contributed by atoms with van der Waals surface area (Å²) in [5.74, 6) is 0.120. The monoisotopic (exact) mass is 356 g/mol. The second kappa shape index (κ2) is 7.53. The number of para-hydroxylation sites is 2. The molecule has 0 N–H and O–H groups in total. The topological polar surface area (TPSA) is 41.9 Å². The third-order valence-corrected chi connectivity index (χ3v) is 4.64. The first-order chi connectivity index (χ1) is 12.1. The number of carbonyl (C=O) groups is 1. The van der Waals surface area contributed by atoms with Gasteiger partial charge in [-0.2, -0.15) is 0 Å². The molecule has 1 saturated heterocycles. The highest BCUT2D eigenvalue weighted by atomic mass is 32.2. The molecule has 1 amide bonds. The third-order valence-electron chi connectivity index (χ3n) is 3.58. The van der Waals surface area contributed by atoms with E-state index in [9.17, 15) is 9.18 Å². The largest absolute Gasteiger partial charge is 0.493 e. The van der Waals surface area contributed by atoms with Crippen molar-refractivity contribution in [3.8, 4) is 5.75 Å². The highest BCUT2D eigenvalue weighted by molar-refractivity contribution is 8.18. The molecule has 3 rings (SSSR count). The third kappa shape index (κ3) is 3.74. The Bertz CT molecular complexity index is 864. The molecule has 25 heavy (non-hydrogen) atoms. The Kier molecular flexibility index (Phi) is 5.19. The summed E-state index contributed by atoms with van der Waals surface area (Å²) in [4.78, 5) is 18.7. The van der Waals surface area contributed by atoms with Crippen LogP contribution in [0.4, 0.5) is 10.1 Å². The van der Waals surface area contributed by atoms with E-state index in [0.29, 0.717) is 22.4 Å². The Morgan fingerprint density at radius 3 is 2.68 bits per heavy atom. The standard InChI is InChI=1S/C19H17FN2O2S/c1-3-24-16-11-7-4-8-13(16)12-17-18(23)22(2)19(25-17)21-15-10-6-5-9-14(15)20/h4-12H,3H2,1-2H3/b17-12+,21-19?. The second-order valence-corrected chi connectivity index (χ2v) is 6.30. The van der Waals surface area contributed by atoms with E-state index in [2.05, 4.69) is 4.99 Å². The summed E-state index contributed by atoms with van der Waals surface area (Å²) < 4.78 is 19.4. The minimum absolute atomic E-state index is 0.175. The number of thioether (sulfide) groups is 1. The van der Waals surface area contributed by atoms with Crippen LogP contribution < -0.4 is 4.74 Å². The average Bonchev–Trinajstić information content (AvgIpc) is 2.87. The highest BCUT2D eigenvalue weighted by Gasteiger charge is 2.30. The maximum Gasteiger partial charge on any atom is 0.266 e.